The first-order valence-electron chi connectivity index (χ1n) is 7.56. The highest BCUT2D eigenvalue weighted by Gasteiger charge is 2.34. The van der Waals surface area contributed by atoms with Gasteiger partial charge in [-0.15, -0.1) is 0 Å². The standard InChI is InChI=1S/C17H25NO3/c1-17(2,3)21-16(20)18-10-9-13(12-19)11-15(18)14-7-5-4-6-8-14/h4-8,13,15,19H,9-12H2,1-3H3. The van der Waals surface area contributed by atoms with Crippen LogP contribution in [0.15, 0.2) is 30.3 Å². The third kappa shape index (κ3) is 4.21. The van der Waals surface area contributed by atoms with E-state index in [9.17, 15) is 9.90 Å². The van der Waals surface area contributed by atoms with Gasteiger partial charge in [0.1, 0.15) is 5.60 Å². The van der Waals surface area contributed by atoms with E-state index in [0.717, 1.165) is 18.4 Å². The summed E-state index contributed by atoms with van der Waals surface area (Å²) in [7, 11) is 0. The number of amides is 1. The topological polar surface area (TPSA) is 49.8 Å². The smallest absolute Gasteiger partial charge is 0.410 e. The van der Waals surface area contributed by atoms with Crippen LogP contribution in [0.3, 0.4) is 0 Å². The van der Waals surface area contributed by atoms with E-state index in [-0.39, 0.29) is 24.7 Å². The minimum Gasteiger partial charge on any atom is -0.444 e. The Morgan fingerprint density at radius 3 is 2.57 bits per heavy atom. The quantitative estimate of drug-likeness (QED) is 0.909. The van der Waals surface area contributed by atoms with Gasteiger partial charge in [0.15, 0.2) is 0 Å². The number of hydrogen-bond donors (Lipinski definition) is 1. The monoisotopic (exact) mass is 291 g/mol. The third-order valence-corrected chi connectivity index (χ3v) is 3.78. The molecule has 1 aliphatic rings. The van der Waals surface area contributed by atoms with Crippen LogP contribution in [0, 0.1) is 5.92 Å². The van der Waals surface area contributed by atoms with E-state index >= 15 is 0 Å². The van der Waals surface area contributed by atoms with Crippen LogP contribution in [0.25, 0.3) is 0 Å². The van der Waals surface area contributed by atoms with Crippen LogP contribution in [0.5, 0.6) is 0 Å². The molecule has 1 aromatic carbocycles. The van der Waals surface area contributed by atoms with Crippen LogP contribution in [0.2, 0.25) is 0 Å². The van der Waals surface area contributed by atoms with E-state index < -0.39 is 5.60 Å². The van der Waals surface area contributed by atoms with Gasteiger partial charge in [-0.3, -0.25) is 0 Å². The fourth-order valence-electron chi connectivity index (χ4n) is 2.73. The highest BCUT2D eigenvalue weighted by molar-refractivity contribution is 5.69. The Labute approximate surface area is 126 Å². The summed E-state index contributed by atoms with van der Waals surface area (Å²) in [5.74, 6) is 0.244. The Bertz CT molecular complexity index is 467. The lowest BCUT2D eigenvalue weighted by molar-refractivity contribution is 0.000306. The molecular formula is C17H25NO3. The molecule has 1 aliphatic heterocycles. The zero-order valence-corrected chi connectivity index (χ0v) is 13.1. The first kappa shape index (κ1) is 15.8. The second-order valence-electron chi connectivity index (χ2n) is 6.67. The molecule has 0 spiro atoms. The van der Waals surface area contributed by atoms with Crippen molar-refractivity contribution >= 4 is 6.09 Å². The fraction of sp³-hybridized carbons (Fsp3) is 0.588. The van der Waals surface area contributed by atoms with Crippen LogP contribution >= 0.6 is 0 Å². The number of rotatable bonds is 2. The van der Waals surface area contributed by atoms with Gasteiger partial charge in [0.05, 0.1) is 6.04 Å². The maximum absolute atomic E-state index is 12.4. The average Bonchev–Trinajstić information content (AvgIpc) is 2.45. The molecule has 4 nitrogen and oxygen atoms in total. The summed E-state index contributed by atoms with van der Waals surface area (Å²) in [6, 6.07) is 9.96. The van der Waals surface area contributed by atoms with E-state index in [1.807, 2.05) is 51.1 Å². The molecule has 1 heterocycles. The minimum atomic E-state index is -0.494. The molecule has 0 aliphatic carbocycles. The molecule has 2 unspecified atom stereocenters. The van der Waals surface area contributed by atoms with Crippen LogP contribution in [-0.4, -0.2) is 34.9 Å². The number of carbonyl (C=O) groups is 1. The van der Waals surface area contributed by atoms with Gasteiger partial charge >= 0.3 is 6.09 Å². The lowest BCUT2D eigenvalue weighted by atomic mass is 9.88. The Balaban J connectivity index is 2.19. The predicted molar refractivity (Wildman–Crippen MR) is 81.9 cm³/mol. The van der Waals surface area contributed by atoms with Gasteiger partial charge in [0.2, 0.25) is 0 Å². The highest BCUT2D eigenvalue weighted by atomic mass is 16.6. The molecule has 21 heavy (non-hydrogen) atoms. The molecule has 2 atom stereocenters. The van der Waals surface area contributed by atoms with E-state index in [1.54, 1.807) is 4.90 Å². The van der Waals surface area contributed by atoms with Crippen molar-refractivity contribution in [2.45, 2.75) is 45.3 Å². The van der Waals surface area contributed by atoms with Gasteiger partial charge in [-0.2, -0.15) is 0 Å². The average molecular weight is 291 g/mol. The molecule has 1 aromatic rings. The van der Waals surface area contributed by atoms with Gasteiger partial charge in [0, 0.05) is 13.2 Å². The molecule has 0 radical (unpaired) electrons. The molecule has 0 saturated carbocycles. The number of aliphatic hydroxyl groups is 1. The third-order valence-electron chi connectivity index (χ3n) is 3.78. The minimum absolute atomic E-state index is 0.0213. The van der Waals surface area contributed by atoms with Crippen molar-refractivity contribution in [1.82, 2.24) is 4.90 Å². The summed E-state index contributed by atoms with van der Waals surface area (Å²) in [6.45, 7) is 6.43. The number of hydrogen-bond acceptors (Lipinski definition) is 3. The van der Waals surface area contributed by atoms with Crippen molar-refractivity contribution in [2.75, 3.05) is 13.2 Å². The SMILES string of the molecule is CC(C)(C)OC(=O)N1CCC(CO)CC1c1ccccc1. The largest absolute Gasteiger partial charge is 0.444 e. The Hall–Kier alpha value is -1.55. The van der Waals surface area contributed by atoms with Crippen LogP contribution in [0.4, 0.5) is 4.79 Å². The van der Waals surface area contributed by atoms with Crippen molar-refractivity contribution in [1.29, 1.82) is 0 Å². The lowest BCUT2D eigenvalue weighted by Crippen LogP contribution is -2.44. The summed E-state index contributed by atoms with van der Waals surface area (Å²) in [5, 5.41) is 9.43. The summed E-state index contributed by atoms with van der Waals surface area (Å²) < 4.78 is 5.52. The summed E-state index contributed by atoms with van der Waals surface area (Å²) in [4.78, 5) is 14.2. The summed E-state index contributed by atoms with van der Waals surface area (Å²) >= 11 is 0. The predicted octanol–water partition coefficient (Wildman–Crippen LogP) is 3.37. The number of carbonyl (C=O) groups excluding carboxylic acids is 1. The fourth-order valence-corrected chi connectivity index (χ4v) is 2.73. The summed E-state index contributed by atoms with van der Waals surface area (Å²) in [6.07, 6.45) is 1.33. The van der Waals surface area contributed by atoms with Crippen molar-refractivity contribution < 1.29 is 14.6 Å². The van der Waals surface area contributed by atoms with Crippen molar-refractivity contribution in [2.24, 2.45) is 5.92 Å². The molecule has 1 amide bonds. The second-order valence-corrected chi connectivity index (χ2v) is 6.67. The molecular weight excluding hydrogens is 266 g/mol. The van der Waals surface area contributed by atoms with Crippen molar-refractivity contribution in [3.05, 3.63) is 35.9 Å². The van der Waals surface area contributed by atoms with Gasteiger partial charge in [-0.05, 0) is 45.1 Å². The zero-order chi connectivity index (χ0) is 15.5. The first-order valence-corrected chi connectivity index (χ1v) is 7.56. The van der Waals surface area contributed by atoms with Gasteiger partial charge in [-0.25, -0.2) is 4.79 Å². The number of nitrogens with zero attached hydrogens (tertiary/aromatic N) is 1. The van der Waals surface area contributed by atoms with E-state index in [0.29, 0.717) is 6.54 Å². The first-order chi connectivity index (χ1) is 9.90. The maximum atomic E-state index is 12.4. The van der Waals surface area contributed by atoms with Crippen LogP contribution < -0.4 is 0 Å². The van der Waals surface area contributed by atoms with Crippen LogP contribution in [-0.2, 0) is 4.74 Å². The number of benzene rings is 1. The van der Waals surface area contributed by atoms with E-state index in [1.165, 1.54) is 0 Å². The molecule has 1 N–H and O–H groups in total. The molecule has 1 saturated heterocycles. The van der Waals surface area contributed by atoms with Crippen molar-refractivity contribution in [3.8, 4) is 0 Å². The van der Waals surface area contributed by atoms with E-state index in [2.05, 4.69) is 0 Å². The highest BCUT2D eigenvalue weighted by Crippen LogP contribution is 2.34. The van der Waals surface area contributed by atoms with Crippen molar-refractivity contribution in [3.63, 3.8) is 0 Å². The normalized spacial score (nSPS) is 23.0. The number of likely N-dealkylation sites (tertiary alicyclic amines) is 1. The molecule has 4 heteroatoms. The molecule has 0 bridgehead atoms. The Morgan fingerprint density at radius 2 is 2.00 bits per heavy atom. The van der Waals surface area contributed by atoms with Gasteiger partial charge < -0.3 is 14.7 Å². The van der Waals surface area contributed by atoms with Gasteiger partial charge in [0.25, 0.3) is 0 Å². The zero-order valence-electron chi connectivity index (χ0n) is 13.1. The molecule has 1 fully saturated rings. The lowest BCUT2D eigenvalue weighted by Gasteiger charge is -2.39. The maximum Gasteiger partial charge on any atom is 0.410 e. The number of piperidine rings is 1. The summed E-state index contributed by atoms with van der Waals surface area (Å²) in [5.41, 5.74) is 0.605. The second kappa shape index (κ2) is 6.48. The number of ether oxygens (including phenoxy) is 1. The molecule has 116 valence electrons. The Kier molecular flexibility index (Phi) is 4.88. The van der Waals surface area contributed by atoms with E-state index in [4.69, 9.17) is 4.74 Å². The van der Waals surface area contributed by atoms with Crippen LogP contribution in [0.1, 0.15) is 45.2 Å². The molecule has 2 rings (SSSR count). The Morgan fingerprint density at radius 1 is 1.33 bits per heavy atom. The van der Waals surface area contributed by atoms with Gasteiger partial charge in [-0.1, -0.05) is 30.3 Å². The molecule has 0 aromatic heterocycles. The number of aliphatic hydroxyl groups excluding tert-OH is 1.